The van der Waals surface area contributed by atoms with E-state index in [0.717, 1.165) is 0 Å². The van der Waals surface area contributed by atoms with Crippen LogP contribution in [-0.4, -0.2) is 24.1 Å². The molecule has 0 aromatic rings. The van der Waals surface area contributed by atoms with Crippen LogP contribution < -0.4 is 11.1 Å². The molecule has 0 rings (SSSR count). The molecule has 4 nitrogen and oxygen atoms in total. The van der Waals surface area contributed by atoms with E-state index < -0.39 is 11.8 Å². The van der Waals surface area contributed by atoms with Gasteiger partial charge in [-0.15, -0.1) is 0 Å². The highest BCUT2D eigenvalue weighted by molar-refractivity contribution is 7.80. The van der Waals surface area contributed by atoms with Gasteiger partial charge in [0.1, 0.15) is 0 Å². The second-order valence-electron chi connectivity index (χ2n) is 1.34. The maximum absolute atomic E-state index is 10.3. The van der Waals surface area contributed by atoms with Crippen LogP contribution in [-0.2, 0) is 9.59 Å². The standard InChI is InChI=1S/C4H8N2O2S/c5-3(7)4(8)6-1-2-9/h9H,1-2H2,(H2,5,7)(H,6,8). The van der Waals surface area contributed by atoms with Crippen molar-refractivity contribution in [3.05, 3.63) is 0 Å². The Kier molecular flexibility index (Phi) is 3.87. The predicted octanol–water partition coefficient (Wildman–Crippen LogP) is -1.48. The van der Waals surface area contributed by atoms with E-state index in [1.165, 1.54) is 0 Å². The summed E-state index contributed by atoms with van der Waals surface area (Å²) in [5.41, 5.74) is 4.60. The molecule has 0 fully saturated rings. The van der Waals surface area contributed by atoms with E-state index in [0.29, 0.717) is 12.3 Å². The summed E-state index contributed by atoms with van der Waals surface area (Å²) in [6.07, 6.45) is 0. The maximum atomic E-state index is 10.3. The van der Waals surface area contributed by atoms with Gasteiger partial charge in [-0.25, -0.2) is 0 Å². The molecule has 0 aliphatic carbocycles. The molecule has 2 amide bonds. The lowest BCUT2D eigenvalue weighted by Gasteiger charge is -1.95. The lowest BCUT2D eigenvalue weighted by Crippen LogP contribution is -2.36. The van der Waals surface area contributed by atoms with Crippen molar-refractivity contribution in [3.8, 4) is 0 Å². The third kappa shape index (κ3) is 3.84. The number of carbonyl (C=O) groups is 2. The van der Waals surface area contributed by atoms with Gasteiger partial charge in [0, 0.05) is 12.3 Å². The topological polar surface area (TPSA) is 72.2 Å². The van der Waals surface area contributed by atoms with Crippen LogP contribution in [0.2, 0.25) is 0 Å². The average Bonchev–Trinajstić information content (AvgIpc) is 1.82. The Morgan fingerprint density at radius 3 is 2.44 bits per heavy atom. The fourth-order valence-corrected chi connectivity index (χ4v) is 0.368. The van der Waals surface area contributed by atoms with Crippen LogP contribution in [0.15, 0.2) is 0 Å². The van der Waals surface area contributed by atoms with Crippen LogP contribution in [0.1, 0.15) is 0 Å². The molecule has 0 unspecified atom stereocenters. The monoisotopic (exact) mass is 148 g/mol. The van der Waals surface area contributed by atoms with Gasteiger partial charge in [-0.2, -0.15) is 12.6 Å². The molecule has 0 aromatic heterocycles. The van der Waals surface area contributed by atoms with Gasteiger partial charge >= 0.3 is 11.8 Å². The van der Waals surface area contributed by atoms with Crippen molar-refractivity contribution in [2.75, 3.05) is 12.3 Å². The van der Waals surface area contributed by atoms with E-state index in [1.54, 1.807) is 0 Å². The normalized spacial score (nSPS) is 8.56. The Balaban J connectivity index is 3.39. The highest BCUT2D eigenvalue weighted by atomic mass is 32.1. The van der Waals surface area contributed by atoms with E-state index >= 15 is 0 Å². The summed E-state index contributed by atoms with van der Waals surface area (Å²) in [7, 11) is 0. The van der Waals surface area contributed by atoms with Gasteiger partial charge in [-0.05, 0) is 0 Å². The molecule has 0 aromatic carbocycles. The summed E-state index contributed by atoms with van der Waals surface area (Å²) in [6.45, 7) is 0.366. The van der Waals surface area contributed by atoms with E-state index in [-0.39, 0.29) is 0 Å². The second kappa shape index (κ2) is 4.20. The van der Waals surface area contributed by atoms with Crippen molar-refractivity contribution in [1.29, 1.82) is 0 Å². The van der Waals surface area contributed by atoms with Crippen LogP contribution in [0.3, 0.4) is 0 Å². The van der Waals surface area contributed by atoms with Gasteiger partial charge in [0.05, 0.1) is 0 Å². The first-order valence-corrected chi connectivity index (χ1v) is 3.00. The quantitative estimate of drug-likeness (QED) is 0.330. The minimum atomic E-state index is -0.961. The number of primary amides is 1. The third-order valence-electron chi connectivity index (χ3n) is 0.621. The highest BCUT2D eigenvalue weighted by Gasteiger charge is 2.04. The molecular weight excluding hydrogens is 140 g/mol. The molecule has 0 aliphatic rings. The Labute approximate surface area is 58.2 Å². The minimum Gasteiger partial charge on any atom is -0.361 e. The number of rotatable bonds is 2. The molecule has 0 heterocycles. The summed E-state index contributed by atoms with van der Waals surface area (Å²) in [5, 5.41) is 2.24. The Morgan fingerprint density at radius 1 is 1.56 bits per heavy atom. The molecule has 3 N–H and O–H groups in total. The molecule has 52 valence electrons. The molecule has 0 atom stereocenters. The SMILES string of the molecule is NC(=O)C(=O)NCCS. The van der Waals surface area contributed by atoms with Gasteiger partial charge in [0.15, 0.2) is 0 Å². The van der Waals surface area contributed by atoms with Crippen LogP contribution in [0.4, 0.5) is 0 Å². The number of thiol groups is 1. The maximum Gasteiger partial charge on any atom is 0.309 e. The number of carbonyl (C=O) groups excluding carboxylic acids is 2. The molecule has 0 radical (unpaired) electrons. The summed E-state index contributed by atoms with van der Waals surface area (Å²) in [4.78, 5) is 20.3. The van der Waals surface area contributed by atoms with Crippen LogP contribution >= 0.6 is 12.6 Å². The third-order valence-corrected chi connectivity index (χ3v) is 0.845. The molecule has 5 heteroatoms. The molecule has 0 saturated heterocycles. The molecule has 0 spiro atoms. The summed E-state index contributed by atoms with van der Waals surface area (Å²) in [6, 6.07) is 0. The highest BCUT2D eigenvalue weighted by Crippen LogP contribution is 1.68. The number of amides is 2. The van der Waals surface area contributed by atoms with Gasteiger partial charge in [-0.3, -0.25) is 9.59 Å². The molecule has 0 bridgehead atoms. The first kappa shape index (κ1) is 8.29. The summed E-state index contributed by atoms with van der Waals surface area (Å²) in [5.74, 6) is -1.22. The van der Waals surface area contributed by atoms with Crippen LogP contribution in [0, 0.1) is 0 Å². The van der Waals surface area contributed by atoms with Gasteiger partial charge < -0.3 is 11.1 Å². The van der Waals surface area contributed by atoms with Gasteiger partial charge in [0.25, 0.3) is 0 Å². The van der Waals surface area contributed by atoms with Crippen molar-refractivity contribution >= 4 is 24.4 Å². The van der Waals surface area contributed by atoms with E-state index in [4.69, 9.17) is 0 Å². The fourth-order valence-electron chi connectivity index (χ4n) is 0.257. The Morgan fingerprint density at radius 2 is 2.11 bits per heavy atom. The summed E-state index contributed by atoms with van der Waals surface area (Å²) < 4.78 is 0. The van der Waals surface area contributed by atoms with Crippen molar-refractivity contribution < 1.29 is 9.59 Å². The average molecular weight is 148 g/mol. The number of hydrogen-bond acceptors (Lipinski definition) is 3. The first-order chi connectivity index (χ1) is 4.18. The van der Waals surface area contributed by atoms with E-state index in [9.17, 15) is 9.59 Å². The van der Waals surface area contributed by atoms with E-state index in [1.807, 2.05) is 0 Å². The van der Waals surface area contributed by atoms with Crippen LogP contribution in [0.25, 0.3) is 0 Å². The minimum absolute atomic E-state index is 0.366. The molecule has 0 saturated carbocycles. The zero-order valence-electron chi connectivity index (χ0n) is 4.76. The largest absolute Gasteiger partial charge is 0.361 e. The number of hydrogen-bond donors (Lipinski definition) is 3. The van der Waals surface area contributed by atoms with Gasteiger partial charge in [-0.1, -0.05) is 0 Å². The fraction of sp³-hybridized carbons (Fsp3) is 0.500. The Bertz CT molecular complexity index is 126. The van der Waals surface area contributed by atoms with Crippen LogP contribution in [0.5, 0.6) is 0 Å². The first-order valence-electron chi connectivity index (χ1n) is 2.37. The van der Waals surface area contributed by atoms with Crippen molar-refractivity contribution in [1.82, 2.24) is 5.32 Å². The summed E-state index contributed by atoms with van der Waals surface area (Å²) >= 11 is 3.80. The number of nitrogens with two attached hydrogens (primary N) is 1. The predicted molar refractivity (Wildman–Crippen MR) is 36.1 cm³/mol. The van der Waals surface area contributed by atoms with Gasteiger partial charge in [0.2, 0.25) is 0 Å². The van der Waals surface area contributed by atoms with Crippen molar-refractivity contribution in [3.63, 3.8) is 0 Å². The molecule has 9 heavy (non-hydrogen) atoms. The Hall–Kier alpha value is -0.710. The molecule has 0 aliphatic heterocycles. The smallest absolute Gasteiger partial charge is 0.309 e. The zero-order valence-corrected chi connectivity index (χ0v) is 5.65. The number of nitrogens with one attached hydrogen (secondary N) is 1. The molecular formula is C4H8N2O2S. The lowest BCUT2D eigenvalue weighted by atomic mass is 10.5. The van der Waals surface area contributed by atoms with Crippen molar-refractivity contribution in [2.45, 2.75) is 0 Å². The second-order valence-corrected chi connectivity index (χ2v) is 1.79. The van der Waals surface area contributed by atoms with E-state index in [2.05, 4.69) is 23.7 Å². The zero-order chi connectivity index (χ0) is 7.28. The van der Waals surface area contributed by atoms with Crippen molar-refractivity contribution in [2.24, 2.45) is 5.73 Å². The lowest BCUT2D eigenvalue weighted by molar-refractivity contribution is -0.137.